The predicted molar refractivity (Wildman–Crippen MR) is 152 cm³/mol. The molecule has 0 spiro atoms. The van der Waals surface area contributed by atoms with Crippen LogP contribution in [0.5, 0.6) is 0 Å². The van der Waals surface area contributed by atoms with Gasteiger partial charge in [-0.05, 0) is 55.0 Å². The van der Waals surface area contributed by atoms with E-state index in [0.717, 1.165) is 16.7 Å². The van der Waals surface area contributed by atoms with Crippen LogP contribution in [0.3, 0.4) is 0 Å². The lowest BCUT2D eigenvalue weighted by Crippen LogP contribution is -2.36. The maximum absolute atomic E-state index is 13.0. The minimum absolute atomic E-state index is 0.101. The number of benzene rings is 2. The van der Waals surface area contributed by atoms with E-state index < -0.39 is 0 Å². The number of carbonyl (C=O) groups excluding carboxylic acids is 3. The van der Waals surface area contributed by atoms with E-state index in [1.807, 2.05) is 60.3 Å². The number of rotatable bonds is 10. The number of hydrogen-bond donors (Lipinski definition) is 2. The average Bonchev–Trinajstić information content (AvgIpc) is 3.34. The molecule has 0 bridgehead atoms. The molecular weight excluding hydrogens is 492 g/mol. The first-order valence-electron chi connectivity index (χ1n) is 12.6. The molecule has 2 heterocycles. The van der Waals surface area contributed by atoms with Gasteiger partial charge in [0, 0.05) is 60.6 Å². The highest BCUT2D eigenvalue weighted by atomic mass is 16.2. The lowest BCUT2D eigenvalue weighted by atomic mass is 10.1. The molecule has 198 valence electrons. The third-order valence-corrected chi connectivity index (χ3v) is 5.83. The van der Waals surface area contributed by atoms with E-state index in [1.54, 1.807) is 42.7 Å². The van der Waals surface area contributed by atoms with E-state index in [4.69, 9.17) is 5.10 Å². The molecule has 9 heteroatoms. The van der Waals surface area contributed by atoms with E-state index in [2.05, 4.69) is 15.6 Å². The van der Waals surface area contributed by atoms with Crippen molar-refractivity contribution in [3.8, 4) is 11.3 Å². The third-order valence-electron chi connectivity index (χ3n) is 5.83. The van der Waals surface area contributed by atoms with Crippen molar-refractivity contribution in [2.45, 2.75) is 20.4 Å². The fraction of sp³-hybridized carbons (Fsp3) is 0.167. The van der Waals surface area contributed by atoms with Gasteiger partial charge in [0.15, 0.2) is 0 Å². The van der Waals surface area contributed by atoms with Crippen LogP contribution >= 0.6 is 0 Å². The summed E-state index contributed by atoms with van der Waals surface area (Å²) in [5.74, 6) is -0.785. The Morgan fingerprint density at radius 1 is 0.949 bits per heavy atom. The van der Waals surface area contributed by atoms with Crippen LogP contribution in [-0.4, -0.2) is 50.5 Å². The molecule has 0 atom stereocenters. The van der Waals surface area contributed by atoms with Crippen LogP contribution in [0.2, 0.25) is 0 Å². The Hall–Kier alpha value is -5.05. The summed E-state index contributed by atoms with van der Waals surface area (Å²) in [5, 5.41) is 10.2. The van der Waals surface area contributed by atoms with Crippen LogP contribution < -0.4 is 10.6 Å². The Morgan fingerprint density at radius 2 is 1.67 bits per heavy atom. The van der Waals surface area contributed by atoms with Crippen molar-refractivity contribution in [1.82, 2.24) is 19.7 Å². The van der Waals surface area contributed by atoms with Crippen LogP contribution in [0, 0.1) is 0 Å². The monoisotopic (exact) mass is 522 g/mol. The maximum atomic E-state index is 13.0. The first kappa shape index (κ1) is 27.0. The summed E-state index contributed by atoms with van der Waals surface area (Å²) in [5.41, 5.74) is 4.64. The van der Waals surface area contributed by atoms with Crippen molar-refractivity contribution >= 4 is 35.2 Å². The molecule has 2 aromatic heterocycles. The van der Waals surface area contributed by atoms with E-state index in [9.17, 15) is 14.4 Å². The van der Waals surface area contributed by atoms with E-state index in [0.29, 0.717) is 30.2 Å². The van der Waals surface area contributed by atoms with E-state index in [-0.39, 0.29) is 24.3 Å². The molecule has 0 unspecified atom stereocenters. The summed E-state index contributed by atoms with van der Waals surface area (Å²) in [4.78, 5) is 42.5. The zero-order chi connectivity index (χ0) is 27.6. The second-order valence-electron chi connectivity index (χ2n) is 8.85. The lowest BCUT2D eigenvalue weighted by molar-refractivity contribution is -0.130. The highest BCUT2D eigenvalue weighted by molar-refractivity contribution is 5.98. The summed E-state index contributed by atoms with van der Waals surface area (Å²) in [6.07, 6.45) is 8.51. The fourth-order valence-electron chi connectivity index (χ4n) is 3.96. The van der Waals surface area contributed by atoms with Crippen LogP contribution in [0.25, 0.3) is 17.3 Å². The second kappa shape index (κ2) is 13.0. The van der Waals surface area contributed by atoms with Gasteiger partial charge in [-0.15, -0.1) is 0 Å². The summed E-state index contributed by atoms with van der Waals surface area (Å²) in [7, 11) is 0. The highest BCUT2D eigenvalue weighted by Crippen LogP contribution is 2.23. The Bertz CT molecular complexity index is 1450. The Kier molecular flexibility index (Phi) is 8.97. The minimum atomic E-state index is -0.322. The van der Waals surface area contributed by atoms with Gasteiger partial charge in [0.25, 0.3) is 0 Å². The van der Waals surface area contributed by atoms with Gasteiger partial charge in [0.1, 0.15) is 12.2 Å². The summed E-state index contributed by atoms with van der Waals surface area (Å²) in [6.45, 7) is 4.09. The van der Waals surface area contributed by atoms with Gasteiger partial charge in [-0.3, -0.25) is 24.0 Å². The highest BCUT2D eigenvalue weighted by Gasteiger charge is 2.15. The van der Waals surface area contributed by atoms with Gasteiger partial charge in [-0.25, -0.2) is 0 Å². The van der Waals surface area contributed by atoms with Crippen molar-refractivity contribution < 1.29 is 14.4 Å². The van der Waals surface area contributed by atoms with Crippen molar-refractivity contribution in [1.29, 1.82) is 0 Å². The van der Waals surface area contributed by atoms with E-state index >= 15 is 0 Å². The van der Waals surface area contributed by atoms with Crippen molar-refractivity contribution in [3.05, 3.63) is 103 Å². The molecular formula is C30H30N6O3. The maximum Gasteiger partial charge on any atom is 0.247 e. The first-order chi connectivity index (χ1) is 18.9. The molecule has 2 N–H and O–H groups in total. The molecule has 0 saturated carbocycles. The van der Waals surface area contributed by atoms with Gasteiger partial charge in [-0.1, -0.05) is 30.3 Å². The number of hydrogen-bond acceptors (Lipinski definition) is 5. The molecule has 3 amide bonds. The number of nitrogens with zero attached hydrogens (tertiary/aromatic N) is 4. The quantitative estimate of drug-likeness (QED) is 0.299. The summed E-state index contributed by atoms with van der Waals surface area (Å²) >= 11 is 0. The number of nitrogens with one attached hydrogen (secondary N) is 2. The minimum Gasteiger partial charge on any atom is -0.330 e. The molecule has 0 aliphatic rings. The SMILES string of the molecule is CCN(CC(=O)Nc1ccc(NC(C)=O)cc1)C(=O)/C=C/c1cn(Cc2ccccc2)nc1-c1cccnc1. The molecule has 4 rings (SSSR count). The molecule has 0 radical (unpaired) electrons. The predicted octanol–water partition coefficient (Wildman–Crippen LogP) is 4.45. The zero-order valence-electron chi connectivity index (χ0n) is 21.9. The molecule has 39 heavy (non-hydrogen) atoms. The average molecular weight is 523 g/mol. The summed E-state index contributed by atoms with van der Waals surface area (Å²) in [6, 6.07) is 20.5. The number of carbonyl (C=O) groups is 3. The second-order valence-corrected chi connectivity index (χ2v) is 8.85. The molecule has 0 aliphatic heterocycles. The normalized spacial score (nSPS) is 10.8. The Labute approximate surface area is 227 Å². The lowest BCUT2D eigenvalue weighted by Gasteiger charge is -2.18. The number of amides is 3. The molecule has 4 aromatic rings. The van der Waals surface area contributed by atoms with Crippen molar-refractivity contribution in [2.75, 3.05) is 23.7 Å². The van der Waals surface area contributed by atoms with Crippen molar-refractivity contribution in [2.24, 2.45) is 0 Å². The smallest absolute Gasteiger partial charge is 0.247 e. The van der Waals surface area contributed by atoms with Gasteiger partial charge >= 0.3 is 0 Å². The fourth-order valence-corrected chi connectivity index (χ4v) is 3.96. The van der Waals surface area contributed by atoms with Crippen molar-refractivity contribution in [3.63, 3.8) is 0 Å². The molecule has 0 aliphatic carbocycles. The number of likely N-dealkylation sites (N-methyl/N-ethyl adjacent to an activating group) is 1. The van der Waals surface area contributed by atoms with E-state index in [1.165, 1.54) is 17.9 Å². The largest absolute Gasteiger partial charge is 0.330 e. The Balaban J connectivity index is 1.45. The number of anilines is 2. The van der Waals surface area contributed by atoms with Gasteiger partial charge in [0.2, 0.25) is 17.7 Å². The summed E-state index contributed by atoms with van der Waals surface area (Å²) < 4.78 is 1.84. The third kappa shape index (κ3) is 7.72. The number of pyridine rings is 1. The van der Waals surface area contributed by atoms with Crippen LogP contribution in [0.15, 0.2) is 91.4 Å². The standard InChI is InChI=1S/C30H30N6O3/c1-3-35(21-28(38)33-27-14-12-26(13-15-27)32-22(2)37)29(39)16-11-25-20-36(19-23-8-5-4-6-9-23)34-30(25)24-10-7-17-31-18-24/h4-18,20H,3,19,21H2,1-2H3,(H,32,37)(H,33,38)/b16-11+. The molecule has 0 saturated heterocycles. The van der Waals surface area contributed by atoms with Crippen LogP contribution in [0.1, 0.15) is 25.0 Å². The molecule has 2 aromatic carbocycles. The zero-order valence-corrected chi connectivity index (χ0v) is 21.9. The topological polar surface area (TPSA) is 109 Å². The van der Waals surface area contributed by atoms with Crippen LogP contribution in [0.4, 0.5) is 11.4 Å². The molecule has 0 fully saturated rings. The van der Waals surface area contributed by atoms with Crippen LogP contribution in [-0.2, 0) is 20.9 Å². The first-order valence-corrected chi connectivity index (χ1v) is 12.6. The number of aromatic nitrogens is 3. The Morgan fingerprint density at radius 3 is 2.31 bits per heavy atom. The van der Waals surface area contributed by atoms with Gasteiger partial charge in [-0.2, -0.15) is 5.10 Å². The molecule has 9 nitrogen and oxygen atoms in total. The van der Waals surface area contributed by atoms with Gasteiger partial charge in [0.05, 0.1) is 6.54 Å². The van der Waals surface area contributed by atoms with Gasteiger partial charge < -0.3 is 15.5 Å².